The minimum absolute atomic E-state index is 0.0678. The molecule has 1 aromatic heterocycles. The monoisotopic (exact) mass is 402 g/mol. The molecule has 6 heteroatoms. The molecule has 0 saturated carbocycles. The standard InChI is InChI=1S/C24H26N4O2/c1-30-22-11-5-7-18(13-22)14-25-23(29)20-10-6-12-28(17-20)24-26-15-21(16-27-24)19-8-3-2-4-9-19/h2-5,7-9,11,13,15-16,20H,6,10,12,14,17H2,1H3,(H,25,29)/t20-/m0/s1. The molecule has 30 heavy (non-hydrogen) atoms. The average Bonchev–Trinajstić information content (AvgIpc) is 2.83. The smallest absolute Gasteiger partial charge is 0.225 e. The number of carbonyl (C=O) groups excluding carboxylic acids is 1. The van der Waals surface area contributed by atoms with Gasteiger partial charge in [-0.05, 0) is 36.1 Å². The minimum atomic E-state index is -0.0678. The molecule has 4 rings (SSSR count). The summed E-state index contributed by atoms with van der Waals surface area (Å²) < 4.78 is 5.24. The first-order chi connectivity index (χ1) is 14.7. The number of hydrogen-bond donors (Lipinski definition) is 1. The largest absolute Gasteiger partial charge is 0.497 e. The normalized spacial score (nSPS) is 16.2. The van der Waals surface area contributed by atoms with Crippen LogP contribution in [0.3, 0.4) is 0 Å². The van der Waals surface area contributed by atoms with Gasteiger partial charge in [0.1, 0.15) is 5.75 Å². The van der Waals surface area contributed by atoms with E-state index in [1.165, 1.54) is 0 Å². The van der Waals surface area contributed by atoms with Crippen LogP contribution in [0.1, 0.15) is 18.4 Å². The molecule has 1 saturated heterocycles. The minimum Gasteiger partial charge on any atom is -0.497 e. The fourth-order valence-electron chi connectivity index (χ4n) is 3.75. The third-order valence-electron chi connectivity index (χ3n) is 5.42. The molecule has 0 radical (unpaired) electrons. The number of hydrogen-bond acceptors (Lipinski definition) is 5. The van der Waals surface area contributed by atoms with Crippen molar-refractivity contribution in [1.82, 2.24) is 15.3 Å². The second kappa shape index (κ2) is 9.39. The van der Waals surface area contributed by atoms with Crippen molar-refractivity contribution in [3.05, 3.63) is 72.6 Å². The number of nitrogens with one attached hydrogen (secondary N) is 1. The van der Waals surface area contributed by atoms with E-state index in [0.717, 1.165) is 41.8 Å². The highest BCUT2D eigenvalue weighted by atomic mass is 16.5. The summed E-state index contributed by atoms with van der Waals surface area (Å²) in [5.74, 6) is 1.48. The van der Waals surface area contributed by atoms with Gasteiger partial charge in [-0.1, -0.05) is 42.5 Å². The van der Waals surface area contributed by atoms with E-state index in [4.69, 9.17) is 4.74 Å². The quantitative estimate of drug-likeness (QED) is 0.681. The fraction of sp³-hybridized carbons (Fsp3) is 0.292. The van der Waals surface area contributed by atoms with Gasteiger partial charge in [-0.15, -0.1) is 0 Å². The van der Waals surface area contributed by atoms with Crippen LogP contribution in [0.4, 0.5) is 5.95 Å². The molecule has 2 aromatic carbocycles. The maximum absolute atomic E-state index is 12.7. The molecular weight excluding hydrogens is 376 g/mol. The number of carbonyl (C=O) groups is 1. The van der Waals surface area contributed by atoms with E-state index in [9.17, 15) is 4.79 Å². The van der Waals surface area contributed by atoms with Crippen LogP contribution in [-0.4, -0.2) is 36.1 Å². The Kier molecular flexibility index (Phi) is 6.23. The van der Waals surface area contributed by atoms with Crippen molar-refractivity contribution in [2.45, 2.75) is 19.4 Å². The summed E-state index contributed by atoms with van der Waals surface area (Å²) in [6, 6.07) is 17.8. The Balaban J connectivity index is 1.36. The van der Waals surface area contributed by atoms with E-state index in [2.05, 4.69) is 20.2 Å². The molecule has 3 aromatic rings. The maximum atomic E-state index is 12.7. The van der Waals surface area contributed by atoms with Crippen molar-refractivity contribution >= 4 is 11.9 Å². The number of anilines is 1. The highest BCUT2D eigenvalue weighted by Crippen LogP contribution is 2.23. The summed E-state index contributed by atoms with van der Waals surface area (Å²) in [6.07, 6.45) is 5.53. The van der Waals surface area contributed by atoms with Crippen molar-refractivity contribution < 1.29 is 9.53 Å². The van der Waals surface area contributed by atoms with E-state index in [-0.39, 0.29) is 11.8 Å². The zero-order valence-electron chi connectivity index (χ0n) is 17.1. The maximum Gasteiger partial charge on any atom is 0.225 e. The Morgan fingerprint density at radius 2 is 1.90 bits per heavy atom. The number of nitrogens with zero attached hydrogens (tertiary/aromatic N) is 3. The van der Waals surface area contributed by atoms with E-state index < -0.39 is 0 Å². The van der Waals surface area contributed by atoms with Gasteiger partial charge in [0, 0.05) is 37.6 Å². The molecule has 0 unspecified atom stereocenters. The molecule has 1 aliphatic heterocycles. The number of methoxy groups -OCH3 is 1. The Hall–Kier alpha value is -3.41. The van der Waals surface area contributed by atoms with Crippen molar-refractivity contribution in [2.75, 3.05) is 25.1 Å². The molecule has 154 valence electrons. The second-order valence-corrected chi connectivity index (χ2v) is 7.49. The van der Waals surface area contributed by atoms with Crippen molar-refractivity contribution in [2.24, 2.45) is 5.92 Å². The molecule has 0 aliphatic carbocycles. The molecule has 2 heterocycles. The highest BCUT2D eigenvalue weighted by molar-refractivity contribution is 5.79. The molecule has 0 spiro atoms. The Morgan fingerprint density at radius 3 is 2.67 bits per heavy atom. The van der Waals surface area contributed by atoms with Crippen LogP contribution in [0, 0.1) is 5.92 Å². The van der Waals surface area contributed by atoms with E-state index in [0.29, 0.717) is 19.0 Å². The SMILES string of the molecule is COc1cccc(CNC(=O)[C@H]2CCCN(c3ncc(-c4ccccc4)cn3)C2)c1. The molecular formula is C24H26N4O2. The lowest BCUT2D eigenvalue weighted by atomic mass is 9.97. The summed E-state index contributed by atoms with van der Waals surface area (Å²) in [5.41, 5.74) is 3.11. The van der Waals surface area contributed by atoms with Crippen molar-refractivity contribution in [3.63, 3.8) is 0 Å². The van der Waals surface area contributed by atoms with Gasteiger partial charge >= 0.3 is 0 Å². The highest BCUT2D eigenvalue weighted by Gasteiger charge is 2.27. The fourth-order valence-corrected chi connectivity index (χ4v) is 3.75. The van der Waals surface area contributed by atoms with Crippen LogP contribution in [-0.2, 0) is 11.3 Å². The van der Waals surface area contributed by atoms with E-state index in [1.807, 2.05) is 67.0 Å². The average molecular weight is 402 g/mol. The number of amides is 1. The molecule has 0 bridgehead atoms. The lowest BCUT2D eigenvalue weighted by Gasteiger charge is -2.32. The number of ether oxygens (including phenoxy) is 1. The lowest BCUT2D eigenvalue weighted by Crippen LogP contribution is -2.43. The zero-order valence-corrected chi connectivity index (χ0v) is 17.1. The Morgan fingerprint density at radius 1 is 1.10 bits per heavy atom. The predicted molar refractivity (Wildman–Crippen MR) is 117 cm³/mol. The summed E-state index contributed by atoms with van der Waals surface area (Å²) in [6.45, 7) is 1.99. The zero-order chi connectivity index (χ0) is 20.8. The van der Waals surface area contributed by atoms with Crippen molar-refractivity contribution in [3.8, 4) is 16.9 Å². The van der Waals surface area contributed by atoms with Crippen LogP contribution in [0.2, 0.25) is 0 Å². The predicted octanol–water partition coefficient (Wildman–Crippen LogP) is 3.69. The first kappa shape index (κ1) is 19.9. The third-order valence-corrected chi connectivity index (χ3v) is 5.42. The molecule has 1 N–H and O–H groups in total. The number of rotatable bonds is 6. The van der Waals surface area contributed by atoms with Gasteiger partial charge in [-0.25, -0.2) is 9.97 Å². The van der Waals surface area contributed by atoms with Crippen LogP contribution < -0.4 is 15.0 Å². The third kappa shape index (κ3) is 4.76. The van der Waals surface area contributed by atoms with Crippen LogP contribution in [0.25, 0.3) is 11.1 Å². The first-order valence-corrected chi connectivity index (χ1v) is 10.3. The topological polar surface area (TPSA) is 67.3 Å². The van der Waals surface area contributed by atoms with Gasteiger partial charge in [0.25, 0.3) is 0 Å². The number of benzene rings is 2. The Bertz CT molecular complexity index is 976. The summed E-state index contributed by atoms with van der Waals surface area (Å²) in [4.78, 5) is 23.9. The van der Waals surface area contributed by atoms with Gasteiger partial charge < -0.3 is 15.0 Å². The molecule has 1 atom stereocenters. The Labute approximate surface area is 176 Å². The summed E-state index contributed by atoms with van der Waals surface area (Å²) in [7, 11) is 1.64. The van der Waals surface area contributed by atoms with Crippen LogP contribution in [0.15, 0.2) is 67.0 Å². The molecule has 6 nitrogen and oxygen atoms in total. The number of aromatic nitrogens is 2. The van der Waals surface area contributed by atoms with Gasteiger partial charge in [0.2, 0.25) is 11.9 Å². The lowest BCUT2D eigenvalue weighted by molar-refractivity contribution is -0.125. The van der Waals surface area contributed by atoms with Crippen molar-refractivity contribution in [1.29, 1.82) is 0 Å². The number of piperidine rings is 1. The van der Waals surface area contributed by atoms with Gasteiger partial charge in [0.15, 0.2) is 0 Å². The summed E-state index contributed by atoms with van der Waals surface area (Å²) in [5, 5.41) is 3.06. The first-order valence-electron chi connectivity index (χ1n) is 10.3. The van der Waals surface area contributed by atoms with Gasteiger partial charge in [-0.2, -0.15) is 0 Å². The molecule has 1 aliphatic rings. The van der Waals surface area contributed by atoms with E-state index >= 15 is 0 Å². The van der Waals surface area contributed by atoms with Crippen LogP contribution >= 0.6 is 0 Å². The molecule has 1 fully saturated rings. The van der Waals surface area contributed by atoms with Gasteiger partial charge in [0.05, 0.1) is 13.0 Å². The van der Waals surface area contributed by atoms with E-state index in [1.54, 1.807) is 7.11 Å². The molecule has 1 amide bonds. The summed E-state index contributed by atoms with van der Waals surface area (Å²) >= 11 is 0. The van der Waals surface area contributed by atoms with Gasteiger partial charge in [-0.3, -0.25) is 4.79 Å². The van der Waals surface area contributed by atoms with Crippen LogP contribution in [0.5, 0.6) is 5.75 Å². The second-order valence-electron chi connectivity index (χ2n) is 7.49.